The van der Waals surface area contributed by atoms with Crippen molar-refractivity contribution in [2.45, 2.75) is 31.2 Å². The predicted octanol–water partition coefficient (Wildman–Crippen LogP) is 4.42. The minimum Gasteiger partial charge on any atom is -0.313 e. The number of hydrogen-bond donors (Lipinski definition) is 1. The Kier molecular flexibility index (Phi) is 4.39. The number of nitrogens with one attached hydrogen (secondary N) is 1. The van der Waals surface area contributed by atoms with Crippen LogP contribution in [0.2, 0.25) is 5.02 Å². The average Bonchev–Trinajstić information content (AvgIpc) is 3.29. The van der Waals surface area contributed by atoms with E-state index < -0.39 is 0 Å². The van der Waals surface area contributed by atoms with Crippen molar-refractivity contribution in [3.05, 3.63) is 70.7 Å². The van der Waals surface area contributed by atoms with Crippen LogP contribution >= 0.6 is 11.6 Å². The quantitative estimate of drug-likeness (QED) is 0.828. The van der Waals surface area contributed by atoms with Gasteiger partial charge in [0.2, 0.25) is 0 Å². The topological polar surface area (TPSA) is 12.0 Å². The van der Waals surface area contributed by atoms with Crippen LogP contribution in [0.4, 0.5) is 0 Å². The van der Waals surface area contributed by atoms with Gasteiger partial charge in [-0.25, -0.2) is 0 Å². The fourth-order valence-corrected chi connectivity index (χ4v) is 2.79. The molecule has 0 saturated heterocycles. The van der Waals surface area contributed by atoms with Crippen LogP contribution in [0.1, 0.15) is 29.9 Å². The summed E-state index contributed by atoms with van der Waals surface area (Å²) in [4.78, 5) is 0. The highest BCUT2D eigenvalue weighted by atomic mass is 35.5. The average molecular weight is 286 g/mol. The van der Waals surface area contributed by atoms with Crippen LogP contribution in [-0.4, -0.2) is 12.6 Å². The van der Waals surface area contributed by atoms with Crippen LogP contribution in [0.25, 0.3) is 0 Å². The van der Waals surface area contributed by atoms with Crippen LogP contribution in [-0.2, 0) is 6.42 Å². The van der Waals surface area contributed by atoms with Crippen molar-refractivity contribution in [2.75, 3.05) is 6.54 Å². The smallest absolute Gasteiger partial charge is 0.0408 e. The number of hydrogen-bond acceptors (Lipinski definition) is 1. The zero-order valence-electron chi connectivity index (χ0n) is 11.6. The van der Waals surface area contributed by atoms with Gasteiger partial charge < -0.3 is 5.32 Å². The molecule has 1 aliphatic carbocycles. The number of halogens is 1. The number of rotatable bonds is 6. The maximum atomic E-state index is 6.10. The van der Waals surface area contributed by atoms with Crippen molar-refractivity contribution in [3.63, 3.8) is 0 Å². The zero-order chi connectivity index (χ0) is 13.8. The molecule has 1 saturated carbocycles. The van der Waals surface area contributed by atoms with Gasteiger partial charge in [0.1, 0.15) is 0 Å². The Morgan fingerprint density at radius 2 is 1.85 bits per heavy atom. The number of benzene rings is 2. The molecular formula is C18H20ClN. The molecule has 0 radical (unpaired) electrons. The normalized spacial score (nSPS) is 16.1. The third kappa shape index (κ3) is 3.84. The van der Waals surface area contributed by atoms with E-state index in [1.54, 1.807) is 0 Å². The fraction of sp³-hybridized carbons (Fsp3) is 0.333. The standard InChI is InChI=1S/C18H20ClN/c19-17-8-4-5-14(12-17)11-16(13-20-18-9-10-18)15-6-2-1-3-7-15/h1-8,12,16,18,20H,9-11,13H2. The highest BCUT2D eigenvalue weighted by Crippen LogP contribution is 2.24. The summed E-state index contributed by atoms with van der Waals surface area (Å²) in [5.41, 5.74) is 2.71. The Morgan fingerprint density at radius 3 is 2.55 bits per heavy atom. The molecule has 0 spiro atoms. The Morgan fingerprint density at radius 1 is 1.05 bits per heavy atom. The molecule has 2 heteroatoms. The van der Waals surface area contributed by atoms with Crippen LogP contribution in [0.5, 0.6) is 0 Å². The third-order valence-electron chi connectivity index (χ3n) is 3.87. The minimum absolute atomic E-state index is 0.510. The first-order valence-corrected chi connectivity index (χ1v) is 7.72. The van der Waals surface area contributed by atoms with Gasteiger partial charge in [-0.2, -0.15) is 0 Å². The van der Waals surface area contributed by atoms with E-state index in [-0.39, 0.29) is 0 Å². The van der Waals surface area contributed by atoms with Crippen molar-refractivity contribution >= 4 is 11.6 Å². The Labute approximate surface area is 126 Å². The van der Waals surface area contributed by atoms with Crippen LogP contribution < -0.4 is 5.32 Å². The van der Waals surface area contributed by atoms with E-state index in [2.05, 4.69) is 47.8 Å². The molecule has 20 heavy (non-hydrogen) atoms. The maximum Gasteiger partial charge on any atom is 0.0408 e. The van der Waals surface area contributed by atoms with Gasteiger partial charge in [-0.05, 0) is 42.5 Å². The van der Waals surface area contributed by atoms with Crippen LogP contribution in [0.15, 0.2) is 54.6 Å². The molecule has 104 valence electrons. The van der Waals surface area contributed by atoms with Crippen molar-refractivity contribution in [3.8, 4) is 0 Å². The lowest BCUT2D eigenvalue weighted by Crippen LogP contribution is -2.24. The van der Waals surface area contributed by atoms with E-state index in [4.69, 9.17) is 11.6 Å². The zero-order valence-corrected chi connectivity index (χ0v) is 12.3. The van der Waals surface area contributed by atoms with Gasteiger partial charge in [0, 0.05) is 23.5 Å². The molecule has 1 nitrogen and oxygen atoms in total. The Balaban J connectivity index is 1.73. The van der Waals surface area contributed by atoms with Crippen LogP contribution in [0.3, 0.4) is 0 Å². The van der Waals surface area contributed by atoms with E-state index >= 15 is 0 Å². The molecule has 0 aliphatic heterocycles. The highest BCUT2D eigenvalue weighted by Gasteiger charge is 2.22. The molecule has 0 amide bonds. The van der Waals surface area contributed by atoms with Gasteiger partial charge in [-0.1, -0.05) is 54.1 Å². The summed E-state index contributed by atoms with van der Waals surface area (Å²) in [5.74, 6) is 0.510. The summed E-state index contributed by atoms with van der Waals surface area (Å²) in [5, 5.41) is 4.48. The second kappa shape index (κ2) is 6.43. The van der Waals surface area contributed by atoms with Crippen molar-refractivity contribution in [2.24, 2.45) is 0 Å². The van der Waals surface area contributed by atoms with Crippen molar-refractivity contribution in [1.29, 1.82) is 0 Å². The van der Waals surface area contributed by atoms with E-state index in [1.165, 1.54) is 24.0 Å². The van der Waals surface area contributed by atoms with Gasteiger partial charge in [-0.3, -0.25) is 0 Å². The molecule has 1 N–H and O–H groups in total. The fourth-order valence-electron chi connectivity index (χ4n) is 2.58. The van der Waals surface area contributed by atoms with Crippen molar-refractivity contribution < 1.29 is 0 Å². The van der Waals surface area contributed by atoms with E-state index in [9.17, 15) is 0 Å². The highest BCUT2D eigenvalue weighted by molar-refractivity contribution is 6.30. The molecule has 2 aromatic rings. The lowest BCUT2D eigenvalue weighted by molar-refractivity contribution is 0.577. The lowest BCUT2D eigenvalue weighted by atomic mass is 9.92. The summed E-state index contributed by atoms with van der Waals surface area (Å²) in [6.07, 6.45) is 3.70. The molecule has 0 bridgehead atoms. The Hall–Kier alpha value is -1.31. The molecular weight excluding hydrogens is 266 g/mol. The van der Waals surface area contributed by atoms with Crippen LogP contribution in [0, 0.1) is 0 Å². The molecule has 2 aromatic carbocycles. The van der Waals surface area contributed by atoms with Gasteiger partial charge in [-0.15, -0.1) is 0 Å². The minimum atomic E-state index is 0.510. The molecule has 0 heterocycles. The molecule has 1 fully saturated rings. The predicted molar refractivity (Wildman–Crippen MR) is 85.4 cm³/mol. The molecule has 1 unspecified atom stereocenters. The summed E-state index contributed by atoms with van der Waals surface area (Å²) in [7, 11) is 0. The van der Waals surface area contributed by atoms with E-state index in [0.29, 0.717) is 5.92 Å². The SMILES string of the molecule is Clc1cccc(CC(CNC2CC2)c2ccccc2)c1. The van der Waals surface area contributed by atoms with Gasteiger partial charge in [0.25, 0.3) is 0 Å². The second-order valence-electron chi connectivity index (χ2n) is 5.62. The summed E-state index contributed by atoms with van der Waals surface area (Å²) < 4.78 is 0. The van der Waals surface area contributed by atoms with Gasteiger partial charge in [0.05, 0.1) is 0 Å². The van der Waals surface area contributed by atoms with E-state index in [1.807, 2.05) is 12.1 Å². The summed E-state index contributed by atoms with van der Waals surface area (Å²) >= 11 is 6.10. The summed E-state index contributed by atoms with van der Waals surface area (Å²) in [6.45, 7) is 1.04. The molecule has 1 aliphatic rings. The van der Waals surface area contributed by atoms with Gasteiger partial charge in [0.15, 0.2) is 0 Å². The Bertz CT molecular complexity index is 548. The van der Waals surface area contributed by atoms with Gasteiger partial charge >= 0.3 is 0 Å². The third-order valence-corrected chi connectivity index (χ3v) is 4.11. The van der Waals surface area contributed by atoms with Crippen molar-refractivity contribution in [1.82, 2.24) is 5.32 Å². The second-order valence-corrected chi connectivity index (χ2v) is 6.06. The monoisotopic (exact) mass is 285 g/mol. The first-order chi connectivity index (χ1) is 9.81. The summed E-state index contributed by atoms with van der Waals surface area (Å²) in [6, 6.07) is 19.7. The first-order valence-electron chi connectivity index (χ1n) is 7.34. The first kappa shape index (κ1) is 13.7. The molecule has 1 atom stereocenters. The molecule has 0 aromatic heterocycles. The lowest BCUT2D eigenvalue weighted by Gasteiger charge is -2.18. The maximum absolute atomic E-state index is 6.10. The molecule has 3 rings (SSSR count). The largest absolute Gasteiger partial charge is 0.313 e. The van der Waals surface area contributed by atoms with E-state index in [0.717, 1.165) is 24.0 Å².